The van der Waals surface area contributed by atoms with Gasteiger partial charge in [-0.05, 0) is 12.1 Å². The van der Waals surface area contributed by atoms with Gasteiger partial charge in [0.2, 0.25) is 0 Å². The van der Waals surface area contributed by atoms with E-state index >= 15 is 0 Å². The quantitative estimate of drug-likeness (QED) is 0.681. The van der Waals surface area contributed by atoms with Crippen LogP contribution in [0.2, 0.25) is 0 Å². The molecule has 82 valence electrons. The highest BCUT2D eigenvalue weighted by Gasteiger charge is 2.20. The molecule has 2 aromatic carbocycles. The molecule has 3 nitrogen and oxygen atoms in total. The van der Waals surface area contributed by atoms with Crippen molar-refractivity contribution in [2.75, 3.05) is 5.32 Å². The molecule has 0 saturated heterocycles. The molecular formula is C13H15N3. The van der Waals surface area contributed by atoms with E-state index in [0.717, 1.165) is 11.3 Å². The van der Waals surface area contributed by atoms with Crippen LogP contribution in [-0.2, 0) is 5.79 Å². The van der Waals surface area contributed by atoms with Gasteiger partial charge in [0.25, 0.3) is 0 Å². The summed E-state index contributed by atoms with van der Waals surface area (Å²) in [5.74, 6) is -1.05. The Balaban J connectivity index is 2.21. The molecule has 0 saturated carbocycles. The van der Waals surface area contributed by atoms with Gasteiger partial charge in [0.05, 0.1) is 0 Å². The van der Waals surface area contributed by atoms with Crippen molar-refractivity contribution >= 4 is 5.69 Å². The summed E-state index contributed by atoms with van der Waals surface area (Å²) in [6, 6.07) is 19.2. The molecular weight excluding hydrogens is 198 g/mol. The smallest absolute Gasteiger partial charge is 0.165 e. The summed E-state index contributed by atoms with van der Waals surface area (Å²) >= 11 is 0. The molecule has 0 aliphatic heterocycles. The second-order valence-corrected chi connectivity index (χ2v) is 3.73. The predicted octanol–water partition coefficient (Wildman–Crippen LogP) is 1.83. The normalized spacial score (nSPS) is 11.1. The lowest BCUT2D eigenvalue weighted by Crippen LogP contribution is -2.52. The fourth-order valence-electron chi connectivity index (χ4n) is 1.55. The van der Waals surface area contributed by atoms with E-state index in [9.17, 15) is 0 Å². The summed E-state index contributed by atoms with van der Waals surface area (Å²) in [5, 5.41) is 3.09. The Hall–Kier alpha value is -1.84. The lowest BCUT2D eigenvalue weighted by Gasteiger charge is -2.27. The average Bonchev–Trinajstić information content (AvgIpc) is 2.31. The van der Waals surface area contributed by atoms with Crippen molar-refractivity contribution in [1.29, 1.82) is 0 Å². The number of nitrogens with one attached hydrogen (secondary N) is 1. The molecule has 0 aromatic heterocycles. The SMILES string of the molecule is NC(N)(Nc1ccccc1)c1ccccc1. The van der Waals surface area contributed by atoms with Gasteiger partial charge in [-0.3, -0.25) is 11.5 Å². The third-order valence-corrected chi connectivity index (χ3v) is 2.38. The number of hydrogen-bond donors (Lipinski definition) is 3. The van der Waals surface area contributed by atoms with Gasteiger partial charge in [-0.25, -0.2) is 0 Å². The number of anilines is 1. The highest BCUT2D eigenvalue weighted by molar-refractivity contribution is 5.46. The lowest BCUT2D eigenvalue weighted by atomic mass is 10.1. The lowest BCUT2D eigenvalue weighted by molar-refractivity contribution is 0.539. The third-order valence-electron chi connectivity index (χ3n) is 2.38. The van der Waals surface area contributed by atoms with Gasteiger partial charge < -0.3 is 5.32 Å². The maximum Gasteiger partial charge on any atom is 0.165 e. The van der Waals surface area contributed by atoms with Crippen molar-refractivity contribution in [3.8, 4) is 0 Å². The molecule has 16 heavy (non-hydrogen) atoms. The Morgan fingerprint density at radius 1 is 0.750 bits per heavy atom. The van der Waals surface area contributed by atoms with Crippen LogP contribution in [-0.4, -0.2) is 0 Å². The minimum atomic E-state index is -1.05. The summed E-state index contributed by atoms with van der Waals surface area (Å²) in [4.78, 5) is 0. The number of hydrogen-bond acceptors (Lipinski definition) is 3. The van der Waals surface area contributed by atoms with E-state index in [1.165, 1.54) is 0 Å². The van der Waals surface area contributed by atoms with E-state index in [1.54, 1.807) is 0 Å². The molecule has 0 aliphatic rings. The van der Waals surface area contributed by atoms with Crippen LogP contribution in [0.25, 0.3) is 0 Å². The Morgan fingerprint density at radius 3 is 1.81 bits per heavy atom. The monoisotopic (exact) mass is 213 g/mol. The van der Waals surface area contributed by atoms with Crippen molar-refractivity contribution in [1.82, 2.24) is 0 Å². The molecule has 5 N–H and O–H groups in total. The predicted molar refractivity (Wildman–Crippen MR) is 66.6 cm³/mol. The van der Waals surface area contributed by atoms with Crippen LogP contribution >= 0.6 is 0 Å². The van der Waals surface area contributed by atoms with Gasteiger partial charge in [-0.2, -0.15) is 0 Å². The maximum atomic E-state index is 6.04. The van der Waals surface area contributed by atoms with Gasteiger partial charge in [-0.1, -0.05) is 48.5 Å². The molecule has 0 aliphatic carbocycles. The van der Waals surface area contributed by atoms with E-state index in [1.807, 2.05) is 60.7 Å². The number of rotatable bonds is 3. The summed E-state index contributed by atoms with van der Waals surface area (Å²) in [6.07, 6.45) is 0. The fourth-order valence-corrected chi connectivity index (χ4v) is 1.55. The average molecular weight is 213 g/mol. The fraction of sp³-hybridized carbons (Fsp3) is 0.0769. The molecule has 0 atom stereocenters. The molecule has 0 fully saturated rings. The molecule has 0 heterocycles. The highest BCUT2D eigenvalue weighted by Crippen LogP contribution is 2.16. The second kappa shape index (κ2) is 4.35. The van der Waals surface area contributed by atoms with Gasteiger partial charge in [0.15, 0.2) is 5.79 Å². The summed E-state index contributed by atoms with van der Waals surface area (Å²) in [5.41, 5.74) is 13.8. The van der Waals surface area contributed by atoms with Crippen molar-refractivity contribution in [3.05, 3.63) is 66.2 Å². The first-order chi connectivity index (χ1) is 7.68. The molecule has 3 heteroatoms. The molecule has 0 radical (unpaired) electrons. The van der Waals surface area contributed by atoms with Gasteiger partial charge in [0, 0.05) is 11.3 Å². The standard InChI is InChI=1S/C13H15N3/c14-13(15,11-7-3-1-4-8-11)16-12-9-5-2-6-10-12/h1-10,16H,14-15H2. The van der Waals surface area contributed by atoms with Crippen LogP contribution in [0.3, 0.4) is 0 Å². The Morgan fingerprint density at radius 2 is 1.25 bits per heavy atom. The van der Waals surface area contributed by atoms with Crippen molar-refractivity contribution in [2.45, 2.75) is 5.79 Å². The Labute approximate surface area is 95.1 Å². The molecule has 0 unspecified atom stereocenters. The number of benzene rings is 2. The maximum absolute atomic E-state index is 6.04. The summed E-state index contributed by atoms with van der Waals surface area (Å²) in [7, 11) is 0. The zero-order valence-corrected chi connectivity index (χ0v) is 8.93. The Kier molecular flexibility index (Phi) is 2.90. The van der Waals surface area contributed by atoms with Crippen LogP contribution in [0.4, 0.5) is 5.69 Å². The first kappa shape index (κ1) is 10.7. The number of para-hydroxylation sites is 1. The minimum Gasteiger partial charge on any atom is -0.352 e. The van der Waals surface area contributed by atoms with Gasteiger partial charge in [0.1, 0.15) is 0 Å². The van der Waals surface area contributed by atoms with Crippen LogP contribution in [0.15, 0.2) is 60.7 Å². The first-order valence-electron chi connectivity index (χ1n) is 5.15. The highest BCUT2D eigenvalue weighted by atomic mass is 15.2. The topological polar surface area (TPSA) is 64.1 Å². The molecule has 0 bridgehead atoms. The Bertz CT molecular complexity index is 437. The van der Waals surface area contributed by atoms with E-state index < -0.39 is 5.79 Å². The minimum absolute atomic E-state index is 0.846. The van der Waals surface area contributed by atoms with Crippen LogP contribution in [0, 0.1) is 0 Å². The van der Waals surface area contributed by atoms with E-state index in [0.29, 0.717) is 0 Å². The molecule has 0 amide bonds. The number of nitrogens with two attached hydrogens (primary N) is 2. The third kappa shape index (κ3) is 2.39. The van der Waals surface area contributed by atoms with Crippen LogP contribution in [0.5, 0.6) is 0 Å². The van der Waals surface area contributed by atoms with Gasteiger partial charge >= 0.3 is 0 Å². The van der Waals surface area contributed by atoms with E-state index in [4.69, 9.17) is 11.5 Å². The van der Waals surface area contributed by atoms with Crippen LogP contribution < -0.4 is 16.8 Å². The zero-order valence-electron chi connectivity index (χ0n) is 8.93. The van der Waals surface area contributed by atoms with E-state index in [2.05, 4.69) is 5.32 Å². The van der Waals surface area contributed by atoms with Crippen molar-refractivity contribution < 1.29 is 0 Å². The summed E-state index contributed by atoms with van der Waals surface area (Å²) in [6.45, 7) is 0. The van der Waals surface area contributed by atoms with Crippen LogP contribution in [0.1, 0.15) is 5.56 Å². The summed E-state index contributed by atoms with van der Waals surface area (Å²) < 4.78 is 0. The van der Waals surface area contributed by atoms with E-state index in [-0.39, 0.29) is 0 Å². The van der Waals surface area contributed by atoms with Crippen molar-refractivity contribution in [2.24, 2.45) is 11.5 Å². The molecule has 2 rings (SSSR count). The van der Waals surface area contributed by atoms with Gasteiger partial charge in [-0.15, -0.1) is 0 Å². The second-order valence-electron chi connectivity index (χ2n) is 3.73. The molecule has 2 aromatic rings. The largest absolute Gasteiger partial charge is 0.352 e. The zero-order chi connectivity index (χ0) is 11.4. The first-order valence-corrected chi connectivity index (χ1v) is 5.15. The molecule has 0 spiro atoms. The van der Waals surface area contributed by atoms with Crippen molar-refractivity contribution in [3.63, 3.8) is 0 Å².